The fourth-order valence-electron chi connectivity index (χ4n) is 14.2. The van der Waals surface area contributed by atoms with Gasteiger partial charge in [0, 0.05) is 41.3 Å². The van der Waals surface area contributed by atoms with Gasteiger partial charge >= 0.3 is 5.97 Å². The van der Waals surface area contributed by atoms with Crippen LogP contribution in [0.3, 0.4) is 0 Å². The summed E-state index contributed by atoms with van der Waals surface area (Å²) in [5, 5.41) is 13.3. The Morgan fingerprint density at radius 1 is 0.904 bits per heavy atom. The maximum absolute atomic E-state index is 13.9. The van der Waals surface area contributed by atoms with Crippen LogP contribution in [0.15, 0.2) is 35.4 Å². The number of rotatable bonds is 9. The van der Waals surface area contributed by atoms with Crippen molar-refractivity contribution in [2.75, 3.05) is 6.54 Å². The van der Waals surface area contributed by atoms with Crippen LogP contribution in [0.4, 0.5) is 0 Å². The van der Waals surface area contributed by atoms with E-state index in [1.165, 1.54) is 24.8 Å². The molecule has 0 heterocycles. The van der Waals surface area contributed by atoms with Crippen LogP contribution in [0, 0.1) is 74.9 Å². The smallest absolute Gasteiger partial charge is 0.306 e. The Bertz CT molecular complexity index is 1660. The number of amides is 1. The lowest BCUT2D eigenvalue weighted by Gasteiger charge is -2.69. The van der Waals surface area contributed by atoms with Crippen LogP contribution < -0.4 is 5.32 Å². The van der Waals surface area contributed by atoms with E-state index in [0.29, 0.717) is 77.5 Å². The molecular weight excluding hydrogens is 670 g/mol. The first-order valence-electron chi connectivity index (χ1n) is 20.5. The third-order valence-electron chi connectivity index (χ3n) is 16.9. The van der Waals surface area contributed by atoms with Gasteiger partial charge < -0.3 is 10.4 Å². The zero-order chi connectivity index (χ0) is 37.5. The molecule has 7 heteroatoms. The van der Waals surface area contributed by atoms with Crippen LogP contribution in [-0.2, 0) is 14.4 Å². The Hall–Kier alpha value is -2.47. The summed E-state index contributed by atoms with van der Waals surface area (Å²) in [5.74, 6) is 1.94. The van der Waals surface area contributed by atoms with Crippen molar-refractivity contribution in [2.45, 2.75) is 126 Å². The van der Waals surface area contributed by atoms with Gasteiger partial charge in [-0.2, -0.15) is 0 Å². The van der Waals surface area contributed by atoms with Gasteiger partial charge in [0.25, 0.3) is 5.91 Å². The van der Waals surface area contributed by atoms with Gasteiger partial charge in [0.1, 0.15) is 5.78 Å². The largest absolute Gasteiger partial charge is 0.481 e. The molecule has 6 nitrogen and oxygen atoms in total. The van der Waals surface area contributed by atoms with Gasteiger partial charge in [-0.3, -0.25) is 19.2 Å². The highest BCUT2D eigenvalue weighted by molar-refractivity contribution is 6.30. The van der Waals surface area contributed by atoms with Crippen LogP contribution in [0.1, 0.15) is 136 Å². The van der Waals surface area contributed by atoms with Gasteiger partial charge in [-0.15, -0.1) is 0 Å². The van der Waals surface area contributed by atoms with Crippen LogP contribution >= 0.6 is 11.6 Å². The molecule has 1 aromatic rings. The van der Waals surface area contributed by atoms with E-state index in [2.05, 4.69) is 46.9 Å². The fraction of sp³-hybridized carbons (Fsp3) is 0.733. The van der Waals surface area contributed by atoms with Crippen molar-refractivity contribution in [1.82, 2.24) is 5.32 Å². The Balaban J connectivity index is 1.09. The van der Waals surface area contributed by atoms with Crippen molar-refractivity contribution in [2.24, 2.45) is 74.9 Å². The molecule has 1 aromatic carbocycles. The number of benzene rings is 1. The van der Waals surface area contributed by atoms with Crippen molar-refractivity contribution in [3.8, 4) is 0 Å². The van der Waals surface area contributed by atoms with Crippen molar-refractivity contribution >= 4 is 35.0 Å². The molecule has 2 N–H and O–H groups in total. The molecule has 1 amide bonds. The molecule has 0 aliphatic heterocycles. The second-order valence-electron chi connectivity index (χ2n) is 19.7. The molecule has 0 aromatic heterocycles. The van der Waals surface area contributed by atoms with Gasteiger partial charge in [-0.05, 0) is 152 Å². The second-order valence-corrected chi connectivity index (χ2v) is 20.2. The molecule has 6 aliphatic rings. The summed E-state index contributed by atoms with van der Waals surface area (Å²) in [6.45, 7) is 17.0. The van der Waals surface area contributed by atoms with E-state index >= 15 is 0 Å². The molecule has 6 aliphatic carbocycles. The SMILES string of the molecule is CC(C)C1=C2C3CCC4C(C)(CCC5C(C)(C)C(CC(=O)C6CC(C(=O)O)C6C)CCC54C)C3CCC2(CCNC(=O)c2ccc(Cl)cc2)CC1=O. The Labute approximate surface area is 316 Å². The van der Waals surface area contributed by atoms with Crippen molar-refractivity contribution < 1.29 is 24.3 Å². The molecule has 0 spiro atoms. The monoisotopic (exact) mass is 731 g/mol. The summed E-state index contributed by atoms with van der Waals surface area (Å²) in [5.41, 5.74) is 3.47. The van der Waals surface area contributed by atoms with Gasteiger partial charge in [0.15, 0.2) is 5.78 Å². The first kappa shape index (κ1) is 37.8. The van der Waals surface area contributed by atoms with Crippen molar-refractivity contribution in [1.29, 1.82) is 0 Å². The lowest BCUT2D eigenvalue weighted by Crippen LogP contribution is -2.62. The molecule has 11 atom stereocenters. The molecule has 52 heavy (non-hydrogen) atoms. The fourth-order valence-corrected chi connectivity index (χ4v) is 14.4. The molecule has 5 fully saturated rings. The lowest BCUT2D eigenvalue weighted by atomic mass is 9.35. The molecule has 7 rings (SSSR count). The zero-order valence-corrected chi connectivity index (χ0v) is 33.4. The average molecular weight is 732 g/mol. The number of hydrogen-bond acceptors (Lipinski definition) is 4. The average Bonchev–Trinajstić information content (AvgIpc) is 3.37. The van der Waals surface area contributed by atoms with E-state index in [0.717, 1.165) is 44.1 Å². The number of aliphatic carboxylic acids is 1. The normalized spacial score (nSPS) is 40.6. The van der Waals surface area contributed by atoms with E-state index in [-0.39, 0.29) is 51.2 Å². The highest BCUT2D eigenvalue weighted by Crippen LogP contribution is 2.74. The summed E-state index contributed by atoms with van der Waals surface area (Å²) in [7, 11) is 0. The Morgan fingerprint density at radius 2 is 1.60 bits per heavy atom. The minimum absolute atomic E-state index is 0.0450. The number of Topliss-reactive ketones (excluding diaryl/α,β-unsaturated/α-hetero) is 2. The number of carboxylic acid groups (broad SMARTS) is 1. The van der Waals surface area contributed by atoms with Gasteiger partial charge in [0.2, 0.25) is 0 Å². The Morgan fingerprint density at radius 3 is 2.25 bits per heavy atom. The van der Waals surface area contributed by atoms with E-state index in [4.69, 9.17) is 11.6 Å². The molecule has 5 saturated carbocycles. The summed E-state index contributed by atoms with van der Waals surface area (Å²) < 4.78 is 0. The molecule has 0 radical (unpaired) electrons. The minimum Gasteiger partial charge on any atom is -0.481 e. The number of halogens is 1. The maximum atomic E-state index is 13.9. The molecule has 0 bridgehead atoms. The Kier molecular flexibility index (Phi) is 9.73. The molecule has 11 unspecified atom stereocenters. The second kappa shape index (κ2) is 13.4. The summed E-state index contributed by atoms with van der Waals surface area (Å²) in [6.07, 6.45) is 11.6. The minimum atomic E-state index is -0.760. The van der Waals surface area contributed by atoms with Crippen LogP contribution in [0.5, 0.6) is 0 Å². The quantitative estimate of drug-likeness (QED) is 0.263. The number of fused-ring (bicyclic) bond motifs is 7. The van der Waals surface area contributed by atoms with E-state index in [1.807, 2.05) is 6.92 Å². The molecule has 284 valence electrons. The van der Waals surface area contributed by atoms with Crippen molar-refractivity contribution in [3.63, 3.8) is 0 Å². The highest BCUT2D eigenvalue weighted by Gasteiger charge is 2.66. The van der Waals surface area contributed by atoms with Gasteiger partial charge in [-0.25, -0.2) is 0 Å². The maximum Gasteiger partial charge on any atom is 0.306 e. The van der Waals surface area contributed by atoms with Crippen LogP contribution in [-0.4, -0.2) is 35.1 Å². The van der Waals surface area contributed by atoms with E-state index in [1.54, 1.807) is 24.3 Å². The molecule has 0 saturated heterocycles. The van der Waals surface area contributed by atoms with Gasteiger partial charge in [0.05, 0.1) is 5.92 Å². The summed E-state index contributed by atoms with van der Waals surface area (Å²) in [4.78, 5) is 52.1. The van der Waals surface area contributed by atoms with E-state index < -0.39 is 5.97 Å². The molecular formula is C45H62ClNO5. The predicted octanol–water partition coefficient (Wildman–Crippen LogP) is 9.98. The van der Waals surface area contributed by atoms with Crippen LogP contribution in [0.2, 0.25) is 5.02 Å². The predicted molar refractivity (Wildman–Crippen MR) is 205 cm³/mol. The number of carbonyl (C=O) groups is 4. The standard InChI is InChI=1S/C45H62ClNO5/c1-25(2)38-35(49)24-45(20-21-47-40(50)27-8-10-29(46)11-9-27)19-15-33-30(39(38)45)12-13-37-43(33,6)18-16-36-42(4,5)28(14-17-44(36,37)7)22-34(48)31-23-32(26(31)3)41(51)52/h8-11,25-26,28,30-33,36-37H,12-24H2,1-7H3,(H,47,50)(H,51,52). The summed E-state index contributed by atoms with van der Waals surface area (Å²) >= 11 is 6.06. The topological polar surface area (TPSA) is 101 Å². The number of ketones is 2. The number of hydrogen-bond donors (Lipinski definition) is 2. The number of carbonyl (C=O) groups excluding carboxylic acids is 3. The number of carboxylic acids is 1. The highest BCUT2D eigenvalue weighted by atomic mass is 35.5. The third-order valence-corrected chi connectivity index (χ3v) is 17.2. The third kappa shape index (κ3) is 5.86. The van der Waals surface area contributed by atoms with Crippen LogP contribution in [0.25, 0.3) is 0 Å². The number of allylic oxidation sites excluding steroid dienone is 2. The summed E-state index contributed by atoms with van der Waals surface area (Å²) in [6, 6.07) is 7.02. The lowest BCUT2D eigenvalue weighted by molar-refractivity contribution is -0.193. The first-order valence-corrected chi connectivity index (χ1v) is 20.9. The van der Waals surface area contributed by atoms with Gasteiger partial charge in [-0.1, -0.05) is 65.6 Å². The first-order chi connectivity index (χ1) is 24.4. The van der Waals surface area contributed by atoms with Crippen molar-refractivity contribution in [3.05, 3.63) is 46.0 Å². The van der Waals surface area contributed by atoms with E-state index in [9.17, 15) is 24.3 Å². The zero-order valence-electron chi connectivity index (χ0n) is 32.7. The number of nitrogens with one attached hydrogen (secondary N) is 1.